The Balaban J connectivity index is 1.78. The fourth-order valence-corrected chi connectivity index (χ4v) is 2.74. The van der Waals surface area contributed by atoms with E-state index in [0.29, 0.717) is 9.58 Å². The third kappa shape index (κ3) is 2.85. The van der Waals surface area contributed by atoms with Crippen LogP contribution in [0.25, 0.3) is 11.0 Å². The molecular formula is C14H17N5O3. The van der Waals surface area contributed by atoms with Crippen LogP contribution in [0.4, 0.5) is 10.7 Å². The number of carbonyl (C=O) groups is 1. The van der Waals surface area contributed by atoms with Crippen molar-refractivity contribution in [3.8, 4) is 0 Å². The number of benzene rings is 1. The highest BCUT2D eigenvalue weighted by atomic mass is 16.5. The molecule has 0 aliphatic heterocycles. The van der Waals surface area contributed by atoms with Crippen molar-refractivity contribution in [1.82, 2.24) is 10.4 Å². The second-order valence-electron chi connectivity index (χ2n) is 5.41. The molecule has 2 N–H and O–H groups in total. The molecule has 0 saturated heterocycles. The zero-order valence-electron chi connectivity index (χ0n) is 12.0. The average Bonchev–Trinajstić information content (AvgIpc) is 2.53. The largest absolute Gasteiger partial charge is 0.739 e. The number of rotatable bonds is 2. The van der Waals surface area contributed by atoms with Crippen LogP contribution < -0.4 is 20.2 Å². The molecule has 2 amide bonds. The maximum Gasteiger partial charge on any atom is 0.469 e. The van der Waals surface area contributed by atoms with Crippen LogP contribution in [-0.4, -0.2) is 17.2 Å². The zero-order chi connectivity index (χ0) is 15.5. The smallest absolute Gasteiger partial charge is 0.469 e. The minimum absolute atomic E-state index is 0.105. The second-order valence-corrected chi connectivity index (χ2v) is 5.41. The quantitative estimate of drug-likeness (QED) is 0.636. The molecule has 2 aromatic rings. The van der Waals surface area contributed by atoms with Gasteiger partial charge in [-0.05, 0) is 18.9 Å². The Morgan fingerprint density at radius 1 is 1.14 bits per heavy atom. The maximum atomic E-state index is 12.2. The van der Waals surface area contributed by atoms with Gasteiger partial charge in [-0.2, -0.15) is 5.32 Å². The number of hydrogen-bond donors (Lipinski definition) is 2. The van der Waals surface area contributed by atoms with E-state index < -0.39 is 6.03 Å². The van der Waals surface area contributed by atoms with Gasteiger partial charge in [0, 0.05) is 17.0 Å². The number of amides is 2. The number of anilines is 1. The summed E-state index contributed by atoms with van der Waals surface area (Å²) in [6, 6.07) is 5.87. The van der Waals surface area contributed by atoms with E-state index in [2.05, 4.69) is 15.7 Å². The van der Waals surface area contributed by atoms with Crippen LogP contribution in [0.3, 0.4) is 0 Å². The van der Waals surface area contributed by atoms with Gasteiger partial charge in [0.2, 0.25) is 5.10 Å². The van der Waals surface area contributed by atoms with Gasteiger partial charge in [-0.15, -0.1) is 0 Å². The van der Waals surface area contributed by atoms with Crippen molar-refractivity contribution < 1.29 is 14.4 Å². The molecule has 1 aliphatic rings. The molecule has 1 aliphatic carbocycles. The number of carbonyl (C=O) groups excluding carboxylic acids is 1. The highest BCUT2D eigenvalue weighted by molar-refractivity contribution is 5.87. The van der Waals surface area contributed by atoms with Gasteiger partial charge in [-0.25, -0.2) is 9.52 Å². The first kappa shape index (κ1) is 14.3. The van der Waals surface area contributed by atoms with E-state index >= 15 is 0 Å². The van der Waals surface area contributed by atoms with Crippen molar-refractivity contribution in [3.63, 3.8) is 0 Å². The topological polar surface area (TPSA) is 108 Å². The molecule has 3 rings (SSSR count). The Bertz CT molecular complexity index is 700. The third-order valence-electron chi connectivity index (χ3n) is 3.85. The lowest BCUT2D eigenvalue weighted by molar-refractivity contribution is -0.672. The Morgan fingerprint density at radius 3 is 2.55 bits per heavy atom. The number of fused-ring (bicyclic) bond motifs is 1. The molecule has 1 heterocycles. The van der Waals surface area contributed by atoms with E-state index in [1.54, 1.807) is 12.1 Å². The van der Waals surface area contributed by atoms with Gasteiger partial charge in [-0.3, -0.25) is 0 Å². The summed E-state index contributed by atoms with van der Waals surface area (Å²) < 4.78 is 0.449. The minimum atomic E-state index is -0.515. The number of nitrogens with zero attached hydrogens (tertiary/aromatic N) is 3. The Morgan fingerprint density at radius 2 is 1.82 bits per heavy atom. The molecule has 0 atom stereocenters. The molecule has 116 valence electrons. The SMILES string of the molecule is O=C(Nc1n[n+]([O-])c2ccccc2[n+]1[O-])NC1CCCCC1. The van der Waals surface area contributed by atoms with Crippen molar-refractivity contribution in [2.45, 2.75) is 38.1 Å². The van der Waals surface area contributed by atoms with Gasteiger partial charge >= 0.3 is 12.0 Å². The predicted octanol–water partition coefficient (Wildman–Crippen LogP) is 0.956. The van der Waals surface area contributed by atoms with Crippen molar-refractivity contribution in [1.29, 1.82) is 0 Å². The van der Waals surface area contributed by atoms with Crippen LogP contribution in [0.1, 0.15) is 32.1 Å². The van der Waals surface area contributed by atoms with Crippen LogP contribution in [0, 0.1) is 10.4 Å². The zero-order valence-corrected chi connectivity index (χ0v) is 12.0. The predicted molar refractivity (Wildman–Crippen MR) is 78.7 cm³/mol. The first-order valence-corrected chi connectivity index (χ1v) is 7.35. The highest BCUT2D eigenvalue weighted by Crippen LogP contribution is 2.17. The van der Waals surface area contributed by atoms with Crippen molar-refractivity contribution in [2.75, 3.05) is 5.32 Å². The molecule has 0 bridgehead atoms. The summed E-state index contributed by atoms with van der Waals surface area (Å²) in [7, 11) is 0. The number of para-hydroxylation sites is 2. The van der Waals surface area contributed by atoms with Gasteiger partial charge in [0.05, 0.1) is 0 Å². The van der Waals surface area contributed by atoms with E-state index in [-0.39, 0.29) is 23.0 Å². The first-order valence-electron chi connectivity index (χ1n) is 7.35. The standard InChI is InChI=1S/C14H17N5O3/c20-14(15-10-6-2-1-3-7-10)16-13-17-19(22)12-9-5-4-8-11(12)18(13)21/h4-5,8-10H,1-3,6-7H2,(H2,15,16,17,20). The van der Waals surface area contributed by atoms with Gasteiger partial charge in [-0.1, -0.05) is 31.4 Å². The lowest BCUT2D eigenvalue weighted by atomic mass is 9.96. The Hall–Kier alpha value is -2.64. The van der Waals surface area contributed by atoms with E-state index in [0.717, 1.165) is 25.7 Å². The van der Waals surface area contributed by atoms with Crippen LogP contribution in [0.2, 0.25) is 0 Å². The average molecular weight is 303 g/mol. The second kappa shape index (κ2) is 6.00. The van der Waals surface area contributed by atoms with Crippen LogP contribution in [-0.2, 0) is 0 Å². The normalized spacial score (nSPS) is 15.6. The molecule has 8 heteroatoms. The summed E-state index contributed by atoms with van der Waals surface area (Å²) in [5.74, 6) is -0.331. The fourth-order valence-electron chi connectivity index (χ4n) is 2.74. The maximum absolute atomic E-state index is 12.2. The van der Waals surface area contributed by atoms with Gasteiger partial charge in [0.1, 0.15) is 0 Å². The molecule has 1 aromatic heterocycles. The Labute approximate surface area is 126 Å². The molecule has 0 spiro atoms. The van der Waals surface area contributed by atoms with E-state index in [1.165, 1.54) is 18.6 Å². The number of nitrogens with one attached hydrogen (secondary N) is 2. The summed E-state index contributed by atoms with van der Waals surface area (Å²) in [4.78, 5) is 12.3. The number of hydrogen-bond acceptors (Lipinski definition) is 4. The van der Waals surface area contributed by atoms with E-state index in [4.69, 9.17) is 0 Å². The molecule has 22 heavy (non-hydrogen) atoms. The first-order chi connectivity index (χ1) is 10.6. The van der Waals surface area contributed by atoms with Gasteiger partial charge in [0.25, 0.3) is 5.52 Å². The molecular weight excluding hydrogens is 286 g/mol. The van der Waals surface area contributed by atoms with Crippen LogP contribution >= 0.6 is 0 Å². The summed E-state index contributed by atoms with van der Waals surface area (Å²) in [6.07, 6.45) is 5.21. The summed E-state index contributed by atoms with van der Waals surface area (Å²) in [5, 5.41) is 32.7. The van der Waals surface area contributed by atoms with E-state index in [9.17, 15) is 15.2 Å². The monoisotopic (exact) mass is 303 g/mol. The van der Waals surface area contributed by atoms with Crippen LogP contribution in [0.5, 0.6) is 0 Å². The fraction of sp³-hybridized carbons (Fsp3) is 0.429. The van der Waals surface area contributed by atoms with Crippen molar-refractivity contribution in [2.24, 2.45) is 0 Å². The van der Waals surface area contributed by atoms with Crippen molar-refractivity contribution in [3.05, 3.63) is 34.7 Å². The minimum Gasteiger partial charge on any atom is -0.739 e. The lowest BCUT2D eigenvalue weighted by Gasteiger charge is -2.21. The summed E-state index contributed by atoms with van der Waals surface area (Å²) >= 11 is 0. The molecule has 0 unspecified atom stereocenters. The van der Waals surface area contributed by atoms with Crippen LogP contribution in [0.15, 0.2) is 24.3 Å². The van der Waals surface area contributed by atoms with Gasteiger partial charge < -0.3 is 15.7 Å². The van der Waals surface area contributed by atoms with Crippen molar-refractivity contribution >= 4 is 23.0 Å². The van der Waals surface area contributed by atoms with E-state index in [1.807, 2.05) is 0 Å². The third-order valence-corrected chi connectivity index (χ3v) is 3.85. The molecule has 0 radical (unpaired) electrons. The lowest BCUT2D eigenvalue weighted by Crippen LogP contribution is -2.47. The molecule has 1 fully saturated rings. The Kier molecular flexibility index (Phi) is 3.90. The van der Waals surface area contributed by atoms with Gasteiger partial charge in [0.15, 0.2) is 5.52 Å². The molecule has 1 aromatic carbocycles. The summed E-state index contributed by atoms with van der Waals surface area (Å²) in [6.45, 7) is 0. The molecule has 8 nitrogen and oxygen atoms in total. The highest BCUT2D eigenvalue weighted by Gasteiger charge is 2.24. The number of aromatic nitrogens is 3. The number of urea groups is 1. The molecule has 1 saturated carbocycles. The summed E-state index contributed by atoms with van der Waals surface area (Å²) in [5.41, 5.74) is 0.302.